The van der Waals surface area contributed by atoms with Crippen LogP contribution >= 0.6 is 39.1 Å². The summed E-state index contributed by atoms with van der Waals surface area (Å²) < 4.78 is 21.5. The first-order chi connectivity index (χ1) is 14.0. The Hall–Kier alpha value is -1.41. The Labute approximate surface area is 187 Å². The molecule has 0 aliphatic carbocycles. The molecule has 4 rings (SSSR count). The molecule has 0 radical (unpaired) electrons. The van der Waals surface area contributed by atoms with Gasteiger partial charge in [-0.1, -0.05) is 57.3 Å². The van der Waals surface area contributed by atoms with E-state index in [0.29, 0.717) is 28.8 Å². The van der Waals surface area contributed by atoms with Crippen molar-refractivity contribution in [2.45, 2.75) is 24.5 Å². The van der Waals surface area contributed by atoms with Gasteiger partial charge in [0.1, 0.15) is 12.2 Å². The van der Waals surface area contributed by atoms with E-state index in [9.17, 15) is 0 Å². The average molecular weight is 498 g/mol. The second-order valence-corrected chi connectivity index (χ2v) is 8.55. The second-order valence-electron chi connectivity index (χ2n) is 6.79. The number of halogens is 3. The van der Waals surface area contributed by atoms with Crippen molar-refractivity contribution >= 4 is 39.1 Å². The first-order valence-corrected chi connectivity index (χ1v) is 10.6. The molecule has 1 aliphatic heterocycles. The van der Waals surface area contributed by atoms with Crippen molar-refractivity contribution in [2.75, 3.05) is 13.7 Å². The van der Waals surface area contributed by atoms with Gasteiger partial charge >= 0.3 is 0 Å². The van der Waals surface area contributed by atoms with Gasteiger partial charge in [-0.3, -0.25) is 0 Å². The maximum atomic E-state index is 6.53. The van der Waals surface area contributed by atoms with Gasteiger partial charge in [0.15, 0.2) is 0 Å². The van der Waals surface area contributed by atoms with E-state index in [1.165, 1.54) is 0 Å². The predicted molar refractivity (Wildman–Crippen MR) is 115 cm³/mol. The number of methoxy groups -OCH3 is 1. The van der Waals surface area contributed by atoms with Crippen LogP contribution in [0.25, 0.3) is 0 Å². The third-order valence-corrected chi connectivity index (χ3v) is 5.98. The number of hydrogen-bond acceptors (Lipinski definition) is 4. The number of ether oxygens (including phenoxy) is 3. The molecule has 8 heteroatoms. The van der Waals surface area contributed by atoms with Gasteiger partial charge in [0.2, 0.25) is 5.79 Å². The van der Waals surface area contributed by atoms with Crippen molar-refractivity contribution in [1.29, 1.82) is 0 Å². The van der Waals surface area contributed by atoms with E-state index >= 15 is 0 Å². The van der Waals surface area contributed by atoms with Crippen LogP contribution in [-0.2, 0) is 26.5 Å². The molecule has 1 unspecified atom stereocenters. The lowest BCUT2D eigenvalue weighted by molar-refractivity contribution is -0.198. The largest absolute Gasteiger partial charge is 0.374 e. The molecule has 0 spiro atoms. The van der Waals surface area contributed by atoms with Gasteiger partial charge in [-0.05, 0) is 29.8 Å². The summed E-state index contributed by atoms with van der Waals surface area (Å²) in [6, 6.07) is 13.3. The van der Waals surface area contributed by atoms with Crippen LogP contribution in [0.3, 0.4) is 0 Å². The first kappa shape index (κ1) is 20.8. The van der Waals surface area contributed by atoms with E-state index < -0.39 is 5.79 Å². The molecule has 1 aromatic heterocycles. The molecule has 0 bridgehead atoms. The van der Waals surface area contributed by atoms with E-state index in [0.717, 1.165) is 10.0 Å². The molecule has 5 nitrogen and oxygen atoms in total. The average Bonchev–Trinajstić information content (AvgIpc) is 3.35. The first-order valence-electron chi connectivity index (χ1n) is 9.02. The van der Waals surface area contributed by atoms with E-state index in [-0.39, 0.29) is 12.2 Å². The molecule has 0 amide bonds. The Bertz CT molecular complexity index is 969. The molecular weight excluding hydrogens is 479 g/mol. The maximum Gasteiger partial charge on any atom is 0.215 e. The van der Waals surface area contributed by atoms with Gasteiger partial charge in [0, 0.05) is 34.6 Å². The summed E-state index contributed by atoms with van der Waals surface area (Å²) in [5.41, 5.74) is 1.72. The lowest BCUT2D eigenvalue weighted by atomic mass is 10.0. The Morgan fingerprint density at radius 3 is 2.72 bits per heavy atom. The van der Waals surface area contributed by atoms with Crippen molar-refractivity contribution in [2.24, 2.45) is 0 Å². The normalized spacial score (nSPS) is 22.7. The van der Waals surface area contributed by atoms with Crippen LogP contribution in [0.4, 0.5) is 0 Å². The van der Waals surface area contributed by atoms with Gasteiger partial charge in [0.05, 0.1) is 24.5 Å². The Morgan fingerprint density at radius 1 is 1.28 bits per heavy atom. The Kier molecular flexibility index (Phi) is 6.30. The SMILES string of the molecule is COC(c1ccc(Br)cc1)[C@@H]1CO[C@@](Cn2ccnc2)(c2ccc(Cl)cc2Cl)O1. The number of hydrogen-bond donors (Lipinski definition) is 0. The van der Waals surface area contributed by atoms with E-state index in [1.807, 2.05) is 41.1 Å². The number of nitrogens with zero attached hydrogens (tertiary/aromatic N) is 2. The molecule has 152 valence electrons. The molecular formula is C21H19BrCl2N2O3. The van der Waals surface area contributed by atoms with Crippen LogP contribution in [-0.4, -0.2) is 29.4 Å². The van der Waals surface area contributed by atoms with Crippen molar-refractivity contribution in [1.82, 2.24) is 9.55 Å². The third kappa shape index (κ3) is 4.38. The highest BCUT2D eigenvalue weighted by Crippen LogP contribution is 2.43. The fraction of sp³-hybridized carbons (Fsp3) is 0.286. The van der Waals surface area contributed by atoms with E-state index in [1.54, 1.807) is 31.8 Å². The van der Waals surface area contributed by atoms with Crippen molar-refractivity contribution in [3.8, 4) is 0 Å². The van der Waals surface area contributed by atoms with Gasteiger partial charge in [-0.25, -0.2) is 4.98 Å². The van der Waals surface area contributed by atoms with Crippen LogP contribution in [0.2, 0.25) is 10.0 Å². The van der Waals surface area contributed by atoms with E-state index in [2.05, 4.69) is 20.9 Å². The lowest BCUT2D eigenvalue weighted by Crippen LogP contribution is -2.34. The van der Waals surface area contributed by atoms with Crippen LogP contribution < -0.4 is 0 Å². The summed E-state index contributed by atoms with van der Waals surface area (Å²) in [6.07, 6.45) is 4.67. The molecule has 2 heterocycles. The minimum absolute atomic E-state index is 0.293. The van der Waals surface area contributed by atoms with Gasteiger partial charge < -0.3 is 18.8 Å². The monoisotopic (exact) mass is 496 g/mol. The second kappa shape index (κ2) is 8.76. The topological polar surface area (TPSA) is 45.5 Å². The number of benzene rings is 2. The smallest absolute Gasteiger partial charge is 0.215 e. The minimum atomic E-state index is -1.08. The van der Waals surface area contributed by atoms with Crippen LogP contribution in [0.15, 0.2) is 65.7 Å². The summed E-state index contributed by atoms with van der Waals surface area (Å²) in [5, 5.41) is 1.03. The molecule has 3 aromatic rings. The highest BCUT2D eigenvalue weighted by Gasteiger charge is 2.47. The van der Waals surface area contributed by atoms with Crippen molar-refractivity contribution in [3.63, 3.8) is 0 Å². The number of aromatic nitrogens is 2. The summed E-state index contributed by atoms with van der Waals surface area (Å²) >= 11 is 16.1. The summed E-state index contributed by atoms with van der Waals surface area (Å²) in [6.45, 7) is 0.740. The molecule has 1 saturated heterocycles. The predicted octanol–water partition coefficient (Wildman–Crippen LogP) is 5.61. The highest BCUT2D eigenvalue weighted by molar-refractivity contribution is 9.10. The molecule has 29 heavy (non-hydrogen) atoms. The van der Waals surface area contributed by atoms with Crippen molar-refractivity contribution in [3.05, 3.63) is 86.8 Å². The molecule has 0 N–H and O–H groups in total. The summed E-state index contributed by atoms with van der Waals surface area (Å²) in [5.74, 6) is -1.08. The van der Waals surface area contributed by atoms with Crippen molar-refractivity contribution < 1.29 is 14.2 Å². The van der Waals surface area contributed by atoms with Crippen LogP contribution in [0, 0.1) is 0 Å². The Morgan fingerprint density at radius 2 is 2.07 bits per heavy atom. The fourth-order valence-electron chi connectivity index (χ4n) is 3.56. The minimum Gasteiger partial charge on any atom is -0.374 e. The Balaban J connectivity index is 1.68. The molecule has 1 aliphatic rings. The maximum absolute atomic E-state index is 6.53. The van der Waals surface area contributed by atoms with E-state index in [4.69, 9.17) is 37.4 Å². The van der Waals surface area contributed by atoms with Crippen LogP contribution in [0.5, 0.6) is 0 Å². The zero-order chi connectivity index (χ0) is 20.4. The van der Waals surface area contributed by atoms with Gasteiger partial charge in [0.25, 0.3) is 0 Å². The zero-order valence-electron chi connectivity index (χ0n) is 15.6. The number of imidazole rings is 1. The molecule has 0 saturated carbocycles. The lowest BCUT2D eigenvalue weighted by Gasteiger charge is -2.31. The standard InChI is InChI=1S/C21H19BrCl2N2O3/c1-27-20(14-2-4-15(22)5-3-14)19-11-28-21(29-19,12-26-9-8-25-13-26)17-7-6-16(23)10-18(17)24/h2-10,13,19-20H,11-12H2,1H3/t19-,20?,21+/m0/s1. The summed E-state index contributed by atoms with van der Waals surface area (Å²) in [4.78, 5) is 4.12. The summed E-state index contributed by atoms with van der Waals surface area (Å²) in [7, 11) is 1.67. The number of rotatable bonds is 6. The third-order valence-electron chi connectivity index (χ3n) is 4.90. The quantitative estimate of drug-likeness (QED) is 0.444. The van der Waals surface area contributed by atoms with Gasteiger partial charge in [-0.15, -0.1) is 0 Å². The molecule has 3 atom stereocenters. The van der Waals surface area contributed by atoms with Crippen LogP contribution in [0.1, 0.15) is 17.2 Å². The fourth-order valence-corrected chi connectivity index (χ4v) is 4.38. The zero-order valence-corrected chi connectivity index (χ0v) is 18.7. The highest BCUT2D eigenvalue weighted by atomic mass is 79.9. The van der Waals surface area contributed by atoms with Gasteiger partial charge in [-0.2, -0.15) is 0 Å². The molecule has 1 fully saturated rings. The molecule has 2 aromatic carbocycles.